The first-order valence-corrected chi connectivity index (χ1v) is 5.00. The summed E-state index contributed by atoms with van der Waals surface area (Å²) in [6, 6.07) is 0. The highest BCUT2D eigenvalue weighted by molar-refractivity contribution is 5.07. The molecule has 0 radical (unpaired) electrons. The van der Waals surface area contributed by atoms with Crippen LogP contribution in [-0.2, 0) is 0 Å². The smallest absolute Gasteiger partial charge is 0.0681 e. The second-order valence-electron chi connectivity index (χ2n) is 4.90. The average molecular weight is 152 g/mol. The lowest BCUT2D eigenvalue weighted by Gasteiger charge is -2.42. The van der Waals surface area contributed by atoms with Gasteiger partial charge in [-0.25, -0.2) is 0 Å². The van der Waals surface area contributed by atoms with Gasteiger partial charge in [-0.1, -0.05) is 6.42 Å². The van der Waals surface area contributed by atoms with Crippen molar-refractivity contribution in [2.24, 2.45) is 17.8 Å². The van der Waals surface area contributed by atoms with Crippen molar-refractivity contribution in [3.63, 3.8) is 0 Å². The van der Waals surface area contributed by atoms with E-state index in [4.69, 9.17) is 0 Å². The predicted octanol–water partition coefficient (Wildman–Crippen LogP) is 1.95. The van der Waals surface area contributed by atoms with E-state index in [0.717, 1.165) is 24.7 Å². The standard InChI is InChI=1S/C10H16O/c11-10-3-1-2-8-4-7(6-10)5-9(8)10/h7-9,11H,1-6H2/t7-,8-,9+,10-/m1/s1. The molecule has 0 aliphatic heterocycles. The van der Waals surface area contributed by atoms with E-state index in [0.29, 0.717) is 5.92 Å². The van der Waals surface area contributed by atoms with E-state index in [9.17, 15) is 5.11 Å². The van der Waals surface area contributed by atoms with E-state index in [-0.39, 0.29) is 5.60 Å². The van der Waals surface area contributed by atoms with Gasteiger partial charge in [0, 0.05) is 0 Å². The fourth-order valence-corrected chi connectivity index (χ4v) is 3.99. The zero-order chi connectivity index (χ0) is 7.47. The molecule has 3 saturated carbocycles. The maximum atomic E-state index is 10.2. The van der Waals surface area contributed by atoms with Crippen LogP contribution in [0.5, 0.6) is 0 Å². The van der Waals surface area contributed by atoms with Crippen molar-refractivity contribution in [1.29, 1.82) is 0 Å². The topological polar surface area (TPSA) is 20.2 Å². The molecule has 1 N–H and O–H groups in total. The Labute approximate surface area is 67.8 Å². The van der Waals surface area contributed by atoms with Crippen LogP contribution in [0.4, 0.5) is 0 Å². The quantitative estimate of drug-likeness (QED) is 0.562. The first-order chi connectivity index (χ1) is 5.28. The van der Waals surface area contributed by atoms with Gasteiger partial charge >= 0.3 is 0 Å². The van der Waals surface area contributed by atoms with Gasteiger partial charge in [-0.3, -0.25) is 0 Å². The summed E-state index contributed by atoms with van der Waals surface area (Å²) in [5.41, 5.74) is -0.189. The van der Waals surface area contributed by atoms with Crippen molar-refractivity contribution in [3.05, 3.63) is 0 Å². The zero-order valence-corrected chi connectivity index (χ0v) is 6.92. The lowest BCUT2D eigenvalue weighted by atomic mass is 9.68. The minimum absolute atomic E-state index is 0.189. The average Bonchev–Trinajstić information content (AvgIpc) is 2.40. The molecule has 0 aromatic heterocycles. The molecule has 11 heavy (non-hydrogen) atoms. The maximum absolute atomic E-state index is 10.2. The molecule has 2 bridgehead atoms. The van der Waals surface area contributed by atoms with Crippen LogP contribution in [0.3, 0.4) is 0 Å². The Morgan fingerprint density at radius 3 is 2.82 bits per heavy atom. The summed E-state index contributed by atoms with van der Waals surface area (Å²) in [6.07, 6.45) is 7.71. The normalized spacial score (nSPS) is 60.3. The summed E-state index contributed by atoms with van der Waals surface area (Å²) >= 11 is 0. The second-order valence-corrected chi connectivity index (χ2v) is 4.90. The van der Waals surface area contributed by atoms with E-state index in [2.05, 4.69) is 0 Å². The minimum atomic E-state index is -0.189. The lowest BCUT2D eigenvalue weighted by Crippen LogP contribution is -2.42. The van der Waals surface area contributed by atoms with Gasteiger partial charge in [0.15, 0.2) is 0 Å². The Morgan fingerprint density at radius 2 is 2.18 bits per heavy atom. The molecule has 3 fully saturated rings. The number of aliphatic hydroxyl groups is 1. The van der Waals surface area contributed by atoms with E-state index in [1.54, 1.807) is 0 Å². The number of rotatable bonds is 0. The molecule has 0 unspecified atom stereocenters. The molecule has 0 amide bonds. The minimum Gasteiger partial charge on any atom is -0.390 e. The van der Waals surface area contributed by atoms with Crippen LogP contribution in [-0.4, -0.2) is 10.7 Å². The largest absolute Gasteiger partial charge is 0.390 e. The number of hydrogen-bond donors (Lipinski definition) is 1. The molecule has 0 saturated heterocycles. The van der Waals surface area contributed by atoms with Gasteiger partial charge in [-0.2, -0.15) is 0 Å². The maximum Gasteiger partial charge on any atom is 0.0681 e. The van der Waals surface area contributed by atoms with Gasteiger partial charge < -0.3 is 5.11 Å². The molecule has 0 aromatic carbocycles. The Balaban J connectivity index is 1.97. The SMILES string of the molecule is O[C@@]12CCC[C@@H]3C[C@H](C[C@@H]31)C2. The third-order valence-electron chi connectivity index (χ3n) is 4.31. The molecule has 3 aliphatic rings. The van der Waals surface area contributed by atoms with Crippen LogP contribution in [0.15, 0.2) is 0 Å². The highest BCUT2D eigenvalue weighted by Gasteiger charge is 2.55. The van der Waals surface area contributed by atoms with E-state index in [1.807, 2.05) is 0 Å². The Hall–Kier alpha value is -0.0400. The van der Waals surface area contributed by atoms with Crippen LogP contribution in [0.2, 0.25) is 0 Å². The van der Waals surface area contributed by atoms with Gasteiger partial charge in [0.25, 0.3) is 0 Å². The van der Waals surface area contributed by atoms with E-state index >= 15 is 0 Å². The van der Waals surface area contributed by atoms with Crippen molar-refractivity contribution >= 4 is 0 Å². The van der Waals surface area contributed by atoms with Gasteiger partial charge in [0.2, 0.25) is 0 Å². The molecule has 0 heterocycles. The van der Waals surface area contributed by atoms with Crippen molar-refractivity contribution in [2.45, 2.75) is 44.1 Å². The molecule has 0 spiro atoms. The first-order valence-electron chi connectivity index (χ1n) is 5.00. The fraction of sp³-hybridized carbons (Fsp3) is 1.00. The third kappa shape index (κ3) is 0.703. The molecule has 0 aromatic rings. The van der Waals surface area contributed by atoms with Gasteiger partial charge in [0.05, 0.1) is 5.60 Å². The zero-order valence-electron chi connectivity index (χ0n) is 6.92. The number of hydrogen-bond acceptors (Lipinski definition) is 1. The summed E-state index contributed by atoms with van der Waals surface area (Å²) in [5.74, 6) is 2.52. The van der Waals surface area contributed by atoms with E-state index in [1.165, 1.54) is 25.7 Å². The highest BCUT2D eigenvalue weighted by Crippen LogP contribution is 2.59. The summed E-state index contributed by atoms with van der Waals surface area (Å²) in [6.45, 7) is 0. The van der Waals surface area contributed by atoms with Crippen LogP contribution >= 0.6 is 0 Å². The van der Waals surface area contributed by atoms with Crippen LogP contribution in [0.25, 0.3) is 0 Å². The first kappa shape index (κ1) is 6.47. The summed E-state index contributed by atoms with van der Waals surface area (Å²) < 4.78 is 0. The second kappa shape index (κ2) is 1.82. The molecular weight excluding hydrogens is 136 g/mol. The summed E-state index contributed by atoms with van der Waals surface area (Å²) in [7, 11) is 0. The molecular formula is C10H16O. The van der Waals surface area contributed by atoms with Gasteiger partial charge in [-0.05, 0) is 49.9 Å². The molecule has 3 aliphatic carbocycles. The molecule has 62 valence electrons. The van der Waals surface area contributed by atoms with Crippen LogP contribution in [0, 0.1) is 17.8 Å². The molecule has 4 atom stereocenters. The van der Waals surface area contributed by atoms with Gasteiger partial charge in [-0.15, -0.1) is 0 Å². The molecule has 1 heteroatoms. The highest BCUT2D eigenvalue weighted by atomic mass is 16.3. The molecule has 3 rings (SSSR count). The fourth-order valence-electron chi connectivity index (χ4n) is 3.99. The Bertz CT molecular complexity index is 189. The molecule has 1 nitrogen and oxygen atoms in total. The van der Waals surface area contributed by atoms with E-state index < -0.39 is 0 Å². The predicted molar refractivity (Wildman–Crippen MR) is 43.1 cm³/mol. The van der Waals surface area contributed by atoms with Crippen molar-refractivity contribution in [2.75, 3.05) is 0 Å². The van der Waals surface area contributed by atoms with Crippen molar-refractivity contribution < 1.29 is 5.11 Å². The Kier molecular flexibility index (Phi) is 1.07. The Morgan fingerprint density at radius 1 is 1.27 bits per heavy atom. The summed E-state index contributed by atoms with van der Waals surface area (Å²) in [5, 5.41) is 10.2. The number of fused-ring (bicyclic) bond motifs is 1. The van der Waals surface area contributed by atoms with Crippen LogP contribution in [0.1, 0.15) is 38.5 Å². The third-order valence-corrected chi connectivity index (χ3v) is 4.31. The lowest BCUT2D eigenvalue weighted by molar-refractivity contribution is -0.0666. The van der Waals surface area contributed by atoms with Crippen LogP contribution < -0.4 is 0 Å². The van der Waals surface area contributed by atoms with Crippen molar-refractivity contribution in [3.8, 4) is 0 Å². The van der Waals surface area contributed by atoms with Gasteiger partial charge in [0.1, 0.15) is 0 Å². The summed E-state index contributed by atoms with van der Waals surface area (Å²) in [4.78, 5) is 0. The monoisotopic (exact) mass is 152 g/mol. The van der Waals surface area contributed by atoms with Crippen molar-refractivity contribution in [1.82, 2.24) is 0 Å².